The number of benzene rings is 1. The van der Waals surface area contributed by atoms with Crippen LogP contribution in [0.5, 0.6) is 0 Å². The van der Waals surface area contributed by atoms with Gasteiger partial charge in [-0.25, -0.2) is 0 Å². The second-order valence-corrected chi connectivity index (χ2v) is 10.3. The summed E-state index contributed by atoms with van der Waals surface area (Å²) in [5.41, 5.74) is 3.11. The lowest BCUT2D eigenvalue weighted by Gasteiger charge is -2.18. The number of amides is 1. The Morgan fingerprint density at radius 3 is 2.48 bits per heavy atom. The molecule has 6 nitrogen and oxygen atoms in total. The van der Waals surface area contributed by atoms with Gasteiger partial charge in [0.2, 0.25) is 0 Å². The predicted molar refractivity (Wildman–Crippen MR) is 139 cm³/mol. The smallest absolute Gasteiger partial charge is 0.270 e. The van der Waals surface area contributed by atoms with Crippen molar-refractivity contribution in [3.05, 3.63) is 67.3 Å². The molecule has 2 aromatic rings. The summed E-state index contributed by atoms with van der Waals surface area (Å²) in [7, 11) is 1.63. The Bertz CT molecular complexity index is 1220. The fraction of sp³-hybridized carbons (Fsp3) is 0.360. The van der Waals surface area contributed by atoms with E-state index in [2.05, 4.69) is 19.2 Å². The molecule has 1 aromatic heterocycles. The highest BCUT2D eigenvalue weighted by molar-refractivity contribution is 8.26. The van der Waals surface area contributed by atoms with E-state index in [0.29, 0.717) is 45.2 Å². The van der Waals surface area contributed by atoms with Crippen LogP contribution in [0.1, 0.15) is 48.1 Å². The Balaban J connectivity index is 2.03. The summed E-state index contributed by atoms with van der Waals surface area (Å²) in [4.78, 5) is 28.0. The molecule has 2 heterocycles. The Morgan fingerprint density at radius 2 is 1.88 bits per heavy atom. The van der Waals surface area contributed by atoms with Gasteiger partial charge >= 0.3 is 0 Å². The highest BCUT2D eigenvalue weighted by atomic mass is 32.2. The third-order valence-electron chi connectivity index (χ3n) is 5.66. The van der Waals surface area contributed by atoms with Crippen LogP contribution in [-0.4, -0.2) is 26.2 Å². The zero-order valence-electron chi connectivity index (χ0n) is 19.6. The van der Waals surface area contributed by atoms with Gasteiger partial charge in [0, 0.05) is 25.7 Å². The summed E-state index contributed by atoms with van der Waals surface area (Å²) >= 11 is 6.71. The molecule has 1 amide bonds. The van der Waals surface area contributed by atoms with E-state index in [9.17, 15) is 14.9 Å². The number of thioether (sulfide) groups is 1. The highest BCUT2D eigenvalue weighted by Crippen LogP contribution is 2.35. The van der Waals surface area contributed by atoms with Gasteiger partial charge in [-0.15, -0.1) is 0 Å². The lowest BCUT2D eigenvalue weighted by Crippen LogP contribution is -2.29. The van der Waals surface area contributed by atoms with E-state index in [1.807, 2.05) is 37.3 Å². The molecule has 8 heteroatoms. The van der Waals surface area contributed by atoms with Gasteiger partial charge in [-0.05, 0) is 43.4 Å². The summed E-state index contributed by atoms with van der Waals surface area (Å²) in [5.74, 6) is 0.881. The van der Waals surface area contributed by atoms with Crippen LogP contribution < -0.4 is 10.9 Å². The first-order valence-corrected chi connectivity index (χ1v) is 12.0. The van der Waals surface area contributed by atoms with Crippen LogP contribution >= 0.6 is 24.0 Å². The van der Waals surface area contributed by atoms with Crippen molar-refractivity contribution >= 4 is 46.1 Å². The number of aromatic nitrogens is 1. The van der Waals surface area contributed by atoms with Gasteiger partial charge in [0.15, 0.2) is 0 Å². The molecule has 33 heavy (non-hydrogen) atoms. The lowest BCUT2D eigenvalue weighted by atomic mass is 10.0. The number of carbonyl (C=O) groups is 1. The van der Waals surface area contributed by atoms with Crippen molar-refractivity contribution in [2.45, 2.75) is 40.7 Å². The molecule has 1 aromatic carbocycles. The van der Waals surface area contributed by atoms with Gasteiger partial charge in [-0.1, -0.05) is 67.7 Å². The molecule has 1 fully saturated rings. The maximum atomic E-state index is 13.1. The van der Waals surface area contributed by atoms with Crippen LogP contribution in [0.25, 0.3) is 6.08 Å². The van der Waals surface area contributed by atoms with Crippen molar-refractivity contribution in [3.63, 3.8) is 0 Å². The van der Waals surface area contributed by atoms with E-state index >= 15 is 0 Å². The molecule has 1 aliphatic heterocycles. The number of nitrogens with one attached hydrogen (secondary N) is 1. The van der Waals surface area contributed by atoms with E-state index < -0.39 is 0 Å². The van der Waals surface area contributed by atoms with Crippen molar-refractivity contribution in [1.82, 2.24) is 9.47 Å². The summed E-state index contributed by atoms with van der Waals surface area (Å²) in [6, 6.07) is 10.1. The van der Waals surface area contributed by atoms with Gasteiger partial charge in [0.1, 0.15) is 21.8 Å². The fourth-order valence-electron chi connectivity index (χ4n) is 3.55. The minimum atomic E-state index is -0.372. The minimum absolute atomic E-state index is 0.0694. The molecular formula is C25H28N4O2S2. The standard InChI is InChI=1S/C25H28N4O2S2/c1-15(2)10-11-29-24(31)21(33-25(29)32)12-19-17(4)20(13-26)23(30)28(5)22(19)27-14-18-8-6-16(3)7-9-18/h6-9,12,15,27H,10-11,14H2,1-5H3/b21-12-. The largest absolute Gasteiger partial charge is 0.367 e. The van der Waals surface area contributed by atoms with Gasteiger partial charge in [-0.3, -0.25) is 19.1 Å². The first kappa shape index (κ1) is 24.7. The third-order valence-corrected chi connectivity index (χ3v) is 7.04. The molecule has 172 valence electrons. The van der Waals surface area contributed by atoms with Crippen LogP contribution in [0, 0.1) is 31.1 Å². The molecule has 0 radical (unpaired) electrons. The molecule has 1 aliphatic rings. The van der Waals surface area contributed by atoms with Crippen molar-refractivity contribution in [2.75, 3.05) is 11.9 Å². The summed E-state index contributed by atoms with van der Waals surface area (Å²) < 4.78 is 1.97. The van der Waals surface area contributed by atoms with Crippen molar-refractivity contribution in [2.24, 2.45) is 13.0 Å². The minimum Gasteiger partial charge on any atom is -0.367 e. The van der Waals surface area contributed by atoms with E-state index in [4.69, 9.17) is 12.2 Å². The highest BCUT2D eigenvalue weighted by Gasteiger charge is 2.32. The number of rotatable bonds is 7. The number of pyridine rings is 1. The molecule has 0 saturated carbocycles. The van der Waals surface area contributed by atoms with Crippen molar-refractivity contribution < 1.29 is 4.79 Å². The van der Waals surface area contributed by atoms with Crippen LogP contribution in [0.3, 0.4) is 0 Å². The molecule has 1 N–H and O–H groups in total. The Morgan fingerprint density at radius 1 is 1.21 bits per heavy atom. The van der Waals surface area contributed by atoms with Crippen LogP contribution in [0.2, 0.25) is 0 Å². The number of anilines is 1. The van der Waals surface area contributed by atoms with Gasteiger partial charge in [0.05, 0.1) is 4.91 Å². The van der Waals surface area contributed by atoms with Crippen LogP contribution in [-0.2, 0) is 18.4 Å². The maximum absolute atomic E-state index is 13.1. The number of carbonyl (C=O) groups excluding carboxylic acids is 1. The quantitative estimate of drug-likeness (QED) is 0.456. The second-order valence-electron chi connectivity index (χ2n) is 8.59. The molecule has 3 rings (SSSR count). The molecule has 0 spiro atoms. The van der Waals surface area contributed by atoms with E-state index in [-0.39, 0.29) is 17.0 Å². The van der Waals surface area contributed by atoms with Gasteiger partial charge in [-0.2, -0.15) is 5.26 Å². The molecule has 0 bridgehead atoms. The number of hydrogen-bond donors (Lipinski definition) is 1. The summed E-state index contributed by atoms with van der Waals surface area (Å²) in [6.45, 7) is 9.05. The van der Waals surface area contributed by atoms with E-state index in [1.165, 1.54) is 21.9 Å². The second kappa shape index (κ2) is 10.4. The number of nitrogens with zero attached hydrogens (tertiary/aromatic N) is 3. The normalized spacial score (nSPS) is 14.9. The van der Waals surface area contributed by atoms with Crippen LogP contribution in [0.4, 0.5) is 5.82 Å². The Labute approximate surface area is 204 Å². The van der Waals surface area contributed by atoms with Crippen molar-refractivity contribution in [3.8, 4) is 6.07 Å². The molecular weight excluding hydrogens is 452 g/mol. The van der Waals surface area contributed by atoms with Gasteiger partial charge < -0.3 is 5.32 Å². The molecule has 0 atom stereocenters. The third kappa shape index (κ3) is 5.37. The molecule has 0 aliphatic carbocycles. The Hall–Kier alpha value is -2.89. The maximum Gasteiger partial charge on any atom is 0.270 e. The molecule has 0 unspecified atom stereocenters. The van der Waals surface area contributed by atoms with E-state index in [0.717, 1.165) is 12.0 Å². The summed E-state index contributed by atoms with van der Waals surface area (Å²) in [6.07, 6.45) is 2.61. The predicted octanol–water partition coefficient (Wildman–Crippen LogP) is 4.73. The topological polar surface area (TPSA) is 78.1 Å². The zero-order valence-corrected chi connectivity index (χ0v) is 21.2. The monoisotopic (exact) mass is 480 g/mol. The van der Waals surface area contributed by atoms with Gasteiger partial charge in [0.25, 0.3) is 11.5 Å². The number of aryl methyl sites for hydroxylation is 1. The average molecular weight is 481 g/mol. The average Bonchev–Trinajstić information content (AvgIpc) is 3.04. The van der Waals surface area contributed by atoms with E-state index in [1.54, 1.807) is 24.9 Å². The number of hydrogen-bond acceptors (Lipinski definition) is 6. The number of nitriles is 1. The summed E-state index contributed by atoms with van der Waals surface area (Å²) in [5, 5.41) is 12.9. The molecule has 1 saturated heterocycles. The Kier molecular flexibility index (Phi) is 7.77. The van der Waals surface area contributed by atoms with Crippen molar-refractivity contribution in [1.29, 1.82) is 5.26 Å². The SMILES string of the molecule is Cc1ccc(CNc2c(/C=C3\SC(=S)N(CCC(C)C)C3=O)c(C)c(C#N)c(=O)n2C)cc1. The number of thiocarbonyl (C=S) groups is 1. The lowest BCUT2D eigenvalue weighted by molar-refractivity contribution is -0.122. The van der Waals surface area contributed by atoms with Crippen LogP contribution in [0.15, 0.2) is 34.0 Å². The zero-order chi connectivity index (χ0) is 24.3. The first-order valence-electron chi connectivity index (χ1n) is 10.8. The first-order chi connectivity index (χ1) is 15.6. The fourth-order valence-corrected chi connectivity index (χ4v) is 4.84.